The van der Waals surface area contributed by atoms with Crippen molar-refractivity contribution < 1.29 is 28.4 Å². The van der Waals surface area contributed by atoms with E-state index in [1.165, 1.54) is 31.4 Å². The molecule has 0 aromatic heterocycles. The number of carbonyl (C=O) groups excluding carboxylic acids is 2. The van der Waals surface area contributed by atoms with E-state index in [4.69, 9.17) is 4.74 Å². The second-order valence-electron chi connectivity index (χ2n) is 4.60. The summed E-state index contributed by atoms with van der Waals surface area (Å²) in [6.45, 7) is -0.0785. The first-order valence-corrected chi connectivity index (χ1v) is 6.31. The van der Waals surface area contributed by atoms with Gasteiger partial charge in [-0.2, -0.15) is 0 Å². The molecule has 0 bridgehead atoms. The molecule has 1 aromatic rings. The molecule has 7 nitrogen and oxygen atoms in total. The number of methoxy groups -OCH3 is 2. The Morgan fingerprint density at radius 1 is 1.32 bits per heavy atom. The van der Waals surface area contributed by atoms with Crippen LogP contribution in [-0.4, -0.2) is 43.1 Å². The fourth-order valence-electron chi connectivity index (χ4n) is 2.13. The van der Waals surface area contributed by atoms with Gasteiger partial charge in [0.1, 0.15) is 11.7 Å². The van der Waals surface area contributed by atoms with Crippen LogP contribution in [0.15, 0.2) is 24.3 Å². The maximum atomic E-state index is 15.0. The van der Waals surface area contributed by atoms with E-state index >= 15 is 4.39 Å². The molecule has 0 saturated carbocycles. The van der Waals surface area contributed by atoms with Crippen molar-refractivity contribution in [2.75, 3.05) is 20.8 Å². The predicted octanol–water partition coefficient (Wildman–Crippen LogP) is 1.53. The van der Waals surface area contributed by atoms with Crippen molar-refractivity contribution in [3.63, 3.8) is 0 Å². The number of hydrogen-bond acceptors (Lipinski definition) is 6. The summed E-state index contributed by atoms with van der Waals surface area (Å²) in [6, 6.07) is 5.65. The summed E-state index contributed by atoms with van der Waals surface area (Å²) in [5.74, 6) is -3.75. The number of carbonyl (C=O) groups is 2. The predicted molar refractivity (Wildman–Crippen MR) is 74.1 cm³/mol. The van der Waals surface area contributed by atoms with Gasteiger partial charge in [-0.1, -0.05) is 12.1 Å². The van der Waals surface area contributed by atoms with Crippen LogP contribution in [0.3, 0.4) is 0 Å². The fraction of sp³-hybridized carbons (Fsp3) is 0.429. The highest BCUT2D eigenvalue weighted by Gasteiger charge is 2.55. The van der Waals surface area contributed by atoms with Crippen LogP contribution >= 0.6 is 0 Å². The highest BCUT2D eigenvalue weighted by molar-refractivity contribution is 6.07. The van der Waals surface area contributed by atoms with Gasteiger partial charge >= 0.3 is 5.97 Å². The average Bonchev–Trinajstić information content (AvgIpc) is 2.50. The summed E-state index contributed by atoms with van der Waals surface area (Å²) in [4.78, 5) is 33.4. The molecule has 2 atom stereocenters. The van der Waals surface area contributed by atoms with Crippen molar-refractivity contribution in [3.05, 3.63) is 39.9 Å². The highest BCUT2D eigenvalue weighted by Crippen LogP contribution is 2.35. The van der Waals surface area contributed by atoms with E-state index in [9.17, 15) is 19.7 Å². The molecule has 0 saturated heterocycles. The zero-order chi connectivity index (χ0) is 16.9. The first-order chi connectivity index (χ1) is 10.3. The van der Waals surface area contributed by atoms with Crippen molar-refractivity contribution in [2.24, 2.45) is 0 Å². The van der Waals surface area contributed by atoms with E-state index in [-0.39, 0.29) is 5.56 Å². The van der Waals surface area contributed by atoms with E-state index in [1.807, 2.05) is 0 Å². The number of benzene rings is 1. The number of Topliss-reactive ketones (excluding diaryl/α,β-unsaturated/α-hetero) is 1. The standard InChI is InChI=1S/C14H16FNO6/c1-9(17)14(15,13(18)22-3)12(8-16(19)20)10-4-6-11(21-2)7-5-10/h4-7,12H,8H2,1-3H3/t12-,14+/m1/s1. The second kappa shape index (κ2) is 6.97. The molecule has 0 unspecified atom stereocenters. The lowest BCUT2D eigenvalue weighted by Crippen LogP contribution is -2.49. The van der Waals surface area contributed by atoms with E-state index in [0.29, 0.717) is 5.75 Å². The summed E-state index contributed by atoms with van der Waals surface area (Å²) in [6.07, 6.45) is 0. The van der Waals surface area contributed by atoms with E-state index in [0.717, 1.165) is 14.0 Å². The maximum absolute atomic E-state index is 15.0. The van der Waals surface area contributed by atoms with Crippen molar-refractivity contribution >= 4 is 11.8 Å². The number of ketones is 1. The first kappa shape index (κ1) is 17.5. The number of nitro groups is 1. The Hall–Kier alpha value is -2.51. The molecular formula is C14H16FNO6. The van der Waals surface area contributed by atoms with Crippen LogP contribution in [0.4, 0.5) is 4.39 Å². The number of hydrogen-bond donors (Lipinski definition) is 0. The monoisotopic (exact) mass is 313 g/mol. The topological polar surface area (TPSA) is 95.7 Å². The molecule has 1 aromatic carbocycles. The molecule has 0 amide bonds. The zero-order valence-electron chi connectivity index (χ0n) is 12.4. The molecule has 0 fully saturated rings. The molecule has 0 aliphatic carbocycles. The van der Waals surface area contributed by atoms with Gasteiger partial charge in [0.25, 0.3) is 5.67 Å². The van der Waals surface area contributed by atoms with Gasteiger partial charge < -0.3 is 9.47 Å². The van der Waals surface area contributed by atoms with Crippen LogP contribution in [-0.2, 0) is 14.3 Å². The van der Waals surface area contributed by atoms with Crippen LogP contribution in [0.2, 0.25) is 0 Å². The Bertz CT molecular complexity index is 573. The smallest absolute Gasteiger partial charge is 0.352 e. The number of esters is 1. The quantitative estimate of drug-likeness (QED) is 0.328. The third kappa shape index (κ3) is 3.38. The summed E-state index contributed by atoms with van der Waals surface area (Å²) in [7, 11) is 2.34. The number of ether oxygens (including phenoxy) is 2. The molecule has 0 aliphatic rings. The van der Waals surface area contributed by atoms with Crippen LogP contribution in [0.25, 0.3) is 0 Å². The van der Waals surface area contributed by atoms with E-state index < -0.39 is 34.8 Å². The van der Waals surface area contributed by atoms with Gasteiger partial charge in [-0.05, 0) is 24.6 Å². The Morgan fingerprint density at radius 2 is 1.86 bits per heavy atom. The molecule has 120 valence electrons. The molecule has 0 N–H and O–H groups in total. The van der Waals surface area contributed by atoms with Gasteiger partial charge in [0, 0.05) is 4.92 Å². The zero-order valence-corrected chi connectivity index (χ0v) is 12.4. The van der Waals surface area contributed by atoms with Crippen LogP contribution in [0.1, 0.15) is 18.4 Å². The molecule has 0 radical (unpaired) electrons. The van der Waals surface area contributed by atoms with Gasteiger partial charge in [0.05, 0.1) is 14.2 Å². The highest BCUT2D eigenvalue weighted by atomic mass is 19.1. The summed E-state index contributed by atoms with van der Waals surface area (Å²) in [5, 5.41) is 10.8. The van der Waals surface area contributed by atoms with Gasteiger partial charge in [0.2, 0.25) is 6.54 Å². The van der Waals surface area contributed by atoms with Crippen molar-refractivity contribution in [3.8, 4) is 5.75 Å². The van der Waals surface area contributed by atoms with Crippen molar-refractivity contribution in [1.29, 1.82) is 0 Å². The minimum atomic E-state index is -3.13. The minimum absolute atomic E-state index is 0.126. The molecule has 0 heterocycles. The average molecular weight is 313 g/mol. The normalized spacial score (nSPS) is 14.5. The maximum Gasteiger partial charge on any atom is 0.352 e. The van der Waals surface area contributed by atoms with Crippen molar-refractivity contribution in [2.45, 2.75) is 18.5 Å². The van der Waals surface area contributed by atoms with Crippen LogP contribution in [0, 0.1) is 10.1 Å². The SMILES string of the molecule is COC(=O)[C@](F)(C(C)=O)[C@H](C[N+](=O)[O-])c1ccc(OC)cc1. The summed E-state index contributed by atoms with van der Waals surface area (Å²) >= 11 is 0. The molecule has 22 heavy (non-hydrogen) atoms. The van der Waals surface area contributed by atoms with E-state index in [2.05, 4.69) is 4.74 Å². The minimum Gasteiger partial charge on any atom is -0.497 e. The Balaban J connectivity index is 3.38. The van der Waals surface area contributed by atoms with Crippen molar-refractivity contribution in [1.82, 2.24) is 0 Å². The third-order valence-electron chi connectivity index (χ3n) is 3.32. The second-order valence-corrected chi connectivity index (χ2v) is 4.60. The van der Waals surface area contributed by atoms with Crippen LogP contribution < -0.4 is 4.74 Å². The summed E-state index contributed by atoms with van der Waals surface area (Å²) in [5.41, 5.74) is -3.00. The molecule has 1 rings (SSSR count). The number of alkyl halides is 1. The molecule has 8 heteroatoms. The summed E-state index contributed by atoms with van der Waals surface area (Å²) < 4.78 is 24.3. The Labute approximate surface area is 126 Å². The number of halogens is 1. The molecule has 0 spiro atoms. The van der Waals surface area contributed by atoms with Gasteiger partial charge in [0.15, 0.2) is 5.78 Å². The van der Waals surface area contributed by atoms with Crippen LogP contribution in [0.5, 0.6) is 5.75 Å². The number of nitrogens with zero attached hydrogens (tertiary/aromatic N) is 1. The molecular weight excluding hydrogens is 297 g/mol. The first-order valence-electron chi connectivity index (χ1n) is 6.31. The van der Waals surface area contributed by atoms with Gasteiger partial charge in [-0.15, -0.1) is 0 Å². The Kier molecular flexibility index (Phi) is 5.56. The lowest BCUT2D eigenvalue weighted by Gasteiger charge is -2.27. The van der Waals surface area contributed by atoms with E-state index in [1.54, 1.807) is 0 Å². The molecule has 0 aliphatic heterocycles. The Morgan fingerprint density at radius 3 is 2.23 bits per heavy atom. The van der Waals surface area contributed by atoms with Gasteiger partial charge in [-0.3, -0.25) is 14.9 Å². The lowest BCUT2D eigenvalue weighted by molar-refractivity contribution is -0.485. The van der Waals surface area contributed by atoms with Gasteiger partial charge in [-0.25, -0.2) is 9.18 Å². The largest absolute Gasteiger partial charge is 0.497 e. The third-order valence-corrected chi connectivity index (χ3v) is 3.32. The fourth-order valence-corrected chi connectivity index (χ4v) is 2.13. The number of rotatable bonds is 7. The lowest BCUT2D eigenvalue weighted by atomic mass is 9.80.